The van der Waals surface area contributed by atoms with Crippen LogP contribution in [0.15, 0.2) is 29.2 Å². The second-order valence-corrected chi connectivity index (χ2v) is 46.3. The smallest absolute Gasteiger partial charge is 0.294 e. The first-order valence-electron chi connectivity index (χ1n) is 55.8. The minimum absolute atomic E-state index is 0. The van der Waals surface area contributed by atoms with Crippen molar-refractivity contribution in [1.29, 1.82) is 0 Å². The Kier molecular flexibility index (Phi) is 53.2. The van der Waals surface area contributed by atoms with E-state index < -0.39 is 156 Å². The second kappa shape index (κ2) is 60.6. The molecule has 6 heterocycles. The fraction of sp³-hybridized carbons (Fsp3) is 0.927. The van der Waals surface area contributed by atoms with Crippen molar-refractivity contribution in [2.24, 2.45) is 59.2 Å². The van der Waals surface area contributed by atoms with Crippen molar-refractivity contribution in [3.63, 3.8) is 0 Å². The monoisotopic (exact) mass is 2090 g/mol. The number of aliphatic hydroxyl groups is 12. The van der Waals surface area contributed by atoms with E-state index in [1.807, 2.05) is 6.92 Å². The van der Waals surface area contributed by atoms with Crippen molar-refractivity contribution in [2.45, 2.75) is 514 Å². The summed E-state index contributed by atoms with van der Waals surface area (Å²) >= 11 is 0. The van der Waals surface area contributed by atoms with Gasteiger partial charge in [0.15, 0.2) is 46.3 Å². The van der Waals surface area contributed by atoms with Gasteiger partial charge in [0.1, 0.15) is 109 Å². The van der Waals surface area contributed by atoms with E-state index in [-0.39, 0.29) is 21.9 Å². The molecule has 10 saturated carbocycles. The summed E-state index contributed by atoms with van der Waals surface area (Å²) in [6.07, 6.45) is 31.7. The number of hydrogen-bond acceptors (Lipinski definition) is 32. The lowest BCUT2D eigenvalue weighted by Gasteiger charge is -2.41. The van der Waals surface area contributed by atoms with E-state index in [1.54, 1.807) is 40.6 Å². The van der Waals surface area contributed by atoms with Crippen LogP contribution in [0.3, 0.4) is 0 Å². The van der Waals surface area contributed by atoms with Crippen LogP contribution in [-0.4, -0.2) is 317 Å². The van der Waals surface area contributed by atoms with Crippen molar-refractivity contribution < 1.29 is 165 Å². The quantitative estimate of drug-likeness (QED) is 0.0338. The van der Waals surface area contributed by atoms with Crippen molar-refractivity contribution >= 4 is 21.7 Å². The normalized spacial score (nSPS) is 33.9. The van der Waals surface area contributed by atoms with Crippen LogP contribution in [-0.2, 0) is 95.5 Å². The van der Waals surface area contributed by atoms with Crippen molar-refractivity contribution in [3.8, 4) is 0 Å². The van der Waals surface area contributed by atoms with Gasteiger partial charge in [0.2, 0.25) is 0 Å². The molecule has 10 aliphatic carbocycles. The molecule has 8 unspecified atom stereocenters. The van der Waals surface area contributed by atoms with Crippen molar-refractivity contribution in [2.75, 3.05) is 81.3 Å². The number of Topliss-reactive ketones (excluding diaryl/α,β-unsaturated/α-hetero) is 2. The molecule has 34 nitrogen and oxygen atoms in total. The fourth-order valence-electron chi connectivity index (χ4n) is 24.2. The van der Waals surface area contributed by atoms with Crippen molar-refractivity contribution in [3.05, 3.63) is 29.8 Å². The highest BCUT2D eigenvalue weighted by Gasteiger charge is 2.59. The molecule has 6 spiro atoms. The molecule has 16 fully saturated rings. The minimum atomic E-state index is -4.02. The van der Waals surface area contributed by atoms with E-state index in [4.69, 9.17) is 111 Å². The van der Waals surface area contributed by atoms with E-state index >= 15 is 0 Å². The molecular weight excluding hydrogens is 1900 g/mol. The summed E-state index contributed by atoms with van der Waals surface area (Å²) in [5.41, 5.74) is 0.956. The Morgan fingerprint density at radius 2 is 0.634 bits per heavy atom. The number of aliphatic hydroxyl groups excluding tert-OH is 12. The summed E-state index contributed by atoms with van der Waals surface area (Å²) in [5.74, 6) is 2.81. The maximum atomic E-state index is 11.0. The molecule has 0 amide bonds. The van der Waals surface area contributed by atoms with Gasteiger partial charge < -0.3 is 143 Å². The zero-order valence-electron chi connectivity index (χ0n) is 90.7. The number of ether oxygens (including phenoxy) is 16. The van der Waals surface area contributed by atoms with Crippen LogP contribution in [0, 0.1) is 66.1 Å². The summed E-state index contributed by atoms with van der Waals surface area (Å²) < 4.78 is 125. The molecule has 145 heavy (non-hydrogen) atoms. The fourth-order valence-corrected chi connectivity index (χ4v) is 24.7. The minimum Gasteiger partial charge on any atom is -0.412 e. The standard InChI is InChI=1S/C22H38O6.C21H36O6.C20H34O6.C10H20O2.C9H18O2.C8H14O.C7H8O3S.C7H12O.C6H14O6.H2O/c1-3-15-9-5-7-11-21(15)25-13-17(27-21)19(23)20(24)18-14-26-22(28-18)12-8-6-10-16(22)4-2;1-3-15-6-4-5-9-21(15)25-13-17(27-21)19(23)18(22)16-12-24-20(26-16)10-7-14(2)8-11-20;1-13-3-7-19(8-4-13)23-11-15(25-19)17(21)18(22)16-12-24-20(26-16)9-5-14(2)6-10-20;1-4-9-7-5-6-8-10(9,11-2)12-3;1-8-4-6-9(10-2,11-3)7-5-8;1-2-7-5-3-4-6-8(7)9;1-6-2-4-7(5-3-6)11(8,9)10;1-6-2-4-7(8)5-3-6;7-1-3(9)5(11)6(12)4(10)2-8;/h15-20,23-24H,3-14H2,1-2H3;14-19,22-23H,3-13H2,1-2H3;13-18,21-22H,3-12H2,1-2H3;9H,4-8H2,1-3H3;8H,4-7H2,1-3H3;7H,2-6H2,1H3;2-5H,1H3,(H,8,9,10);6H,2-5H2,1H3;3-12H,1-2H2;1H2/t15?,16?,17-,18-,19-,20-,21?,22?;14?,15?,16-,17-,18-,19-,20?,21?;13?,14?,15-,16-,17-,18-,19?,20?;;;;;;3-,4-,5-,6-;/m000.....0./s1. The number of hydrogen-bond donors (Lipinski definition) is 13. The molecule has 35 heteroatoms. The Hall–Kier alpha value is -2.69. The number of benzene rings is 1. The summed E-state index contributed by atoms with van der Waals surface area (Å²) in [4.78, 5) is 21.6. The average Bonchev–Trinajstić information content (AvgIpc) is 1.63. The summed E-state index contributed by atoms with van der Waals surface area (Å²) in [7, 11) is 2.97. The van der Waals surface area contributed by atoms with Gasteiger partial charge in [-0.05, 0) is 209 Å². The maximum Gasteiger partial charge on any atom is 0.294 e. The second-order valence-electron chi connectivity index (χ2n) is 44.9. The zero-order valence-corrected chi connectivity index (χ0v) is 91.5. The van der Waals surface area contributed by atoms with Gasteiger partial charge in [0, 0.05) is 154 Å². The third kappa shape index (κ3) is 35.4. The van der Waals surface area contributed by atoms with E-state index in [2.05, 4.69) is 69.2 Å². The Bertz CT molecular complexity index is 3750. The Labute approximate surface area is 866 Å². The molecule has 1 aromatic rings. The van der Waals surface area contributed by atoms with Gasteiger partial charge in [0.05, 0.1) is 57.8 Å². The van der Waals surface area contributed by atoms with Crippen LogP contribution in [0.5, 0.6) is 0 Å². The summed E-state index contributed by atoms with van der Waals surface area (Å²) in [5, 5.41) is 117. The first-order valence-corrected chi connectivity index (χ1v) is 57.2. The lowest BCUT2D eigenvalue weighted by molar-refractivity contribution is -0.254. The Balaban J connectivity index is 0.000000207. The van der Waals surface area contributed by atoms with Crippen LogP contribution in [0.1, 0.15) is 364 Å². The highest BCUT2D eigenvalue weighted by Crippen LogP contribution is 2.51. The van der Waals surface area contributed by atoms with Crippen LogP contribution in [0.2, 0.25) is 0 Å². The first kappa shape index (κ1) is 127. The van der Waals surface area contributed by atoms with E-state index in [9.17, 15) is 48.6 Å². The number of ketones is 2. The van der Waals surface area contributed by atoms with Gasteiger partial charge >= 0.3 is 0 Å². The van der Waals surface area contributed by atoms with Crippen LogP contribution in [0.25, 0.3) is 0 Å². The van der Waals surface area contributed by atoms with Gasteiger partial charge in [0.25, 0.3) is 10.1 Å². The molecule has 15 N–H and O–H groups in total. The van der Waals surface area contributed by atoms with Gasteiger partial charge in [-0.2, -0.15) is 8.42 Å². The van der Waals surface area contributed by atoms with Crippen LogP contribution < -0.4 is 0 Å². The topological polar surface area (TPSA) is 510 Å². The molecule has 16 aliphatic rings. The molecule has 6 aliphatic heterocycles. The number of methoxy groups -OCH3 is 4. The summed E-state index contributed by atoms with van der Waals surface area (Å²) in [6, 6.07) is 5.99. The third-order valence-corrected chi connectivity index (χ3v) is 35.5. The average molecular weight is 2090 g/mol. The first-order chi connectivity index (χ1) is 68.6. The molecule has 0 bridgehead atoms. The predicted molar refractivity (Wildman–Crippen MR) is 543 cm³/mol. The lowest BCUT2D eigenvalue weighted by Crippen LogP contribution is -2.49. The SMILES string of the molecule is CC1CCC(=O)CC1.CC1CCC2(CC1)OC[C@@H]([C@H](O)[C@@H](O)[C@@H]1COC3(CCC(C)CC3)O1)O2.CCC1CCCCC1(OC)OC.CCC1CCCCC12OC[C@@H]([C@H](O)[C@@H](O)[C@@H]1COC3(CCC(C)CC3)O1)O2.CCC1CCCCC12OC[C@@H]([C@H](O)[C@@H](O)[C@@H]1COC3(CCCCC3CC)O1)O2.CCC1CCCCC1=O.COC1(OC)CCC(C)CC1.Cc1ccc(S(=O)(=O)O)cc1.O.OC[C@H](O)[C@H](O)[C@@H](O)[C@@H](O)CO. The van der Waals surface area contributed by atoms with Gasteiger partial charge in [-0.25, -0.2) is 0 Å². The Morgan fingerprint density at radius 3 is 0.903 bits per heavy atom. The van der Waals surface area contributed by atoms with Gasteiger partial charge in [-0.1, -0.05) is 119 Å². The lowest BCUT2D eigenvalue weighted by atomic mass is 9.81. The highest BCUT2D eigenvalue weighted by molar-refractivity contribution is 7.85. The molecule has 1 aromatic carbocycles. The van der Waals surface area contributed by atoms with E-state index in [0.29, 0.717) is 98.6 Å². The highest BCUT2D eigenvalue weighted by atomic mass is 32.2. The third-order valence-electron chi connectivity index (χ3n) is 34.7. The molecule has 846 valence electrons. The van der Waals surface area contributed by atoms with Crippen LogP contribution >= 0.6 is 0 Å². The van der Waals surface area contributed by atoms with Crippen LogP contribution in [0.4, 0.5) is 0 Å². The Morgan fingerprint density at radius 1 is 0.345 bits per heavy atom. The number of aryl methyl sites for hydroxylation is 1. The van der Waals surface area contributed by atoms with Crippen molar-refractivity contribution in [1.82, 2.24) is 0 Å². The predicted octanol–water partition coefficient (Wildman–Crippen LogP) is 13.7. The molecule has 24 atom stereocenters. The molecular formula is C110H196O34S. The molecule has 6 saturated heterocycles. The molecule has 0 radical (unpaired) electrons. The molecule has 0 aromatic heterocycles. The van der Waals surface area contributed by atoms with E-state index in [0.717, 1.165) is 249 Å². The van der Waals surface area contributed by atoms with Gasteiger partial charge in [-0.15, -0.1) is 0 Å². The largest absolute Gasteiger partial charge is 0.412 e. The zero-order chi connectivity index (χ0) is 105. The molecule has 17 rings (SSSR count). The number of carbonyl (C=O) groups is 2. The van der Waals surface area contributed by atoms with Gasteiger partial charge in [-0.3, -0.25) is 14.1 Å². The summed E-state index contributed by atoms with van der Waals surface area (Å²) in [6.45, 7) is 24.4. The number of rotatable bonds is 24. The number of carbonyl (C=O) groups excluding carboxylic acids is 2. The maximum absolute atomic E-state index is 11.0. The van der Waals surface area contributed by atoms with E-state index in [1.165, 1.54) is 69.9 Å².